The summed E-state index contributed by atoms with van der Waals surface area (Å²) in [7, 11) is 0. The molecule has 19 heavy (non-hydrogen) atoms. The van der Waals surface area contributed by atoms with E-state index >= 15 is 0 Å². The average Bonchev–Trinajstić information content (AvgIpc) is 2.40. The molecule has 1 aromatic rings. The van der Waals surface area contributed by atoms with E-state index in [9.17, 15) is 10.1 Å². The SMILES string of the molecule is CCN(CC)CCCNc1cccc([N+](=O)[O-])c1C. The van der Waals surface area contributed by atoms with Gasteiger partial charge in [-0.2, -0.15) is 0 Å². The van der Waals surface area contributed by atoms with Crippen molar-refractivity contribution in [3.8, 4) is 0 Å². The van der Waals surface area contributed by atoms with Crippen molar-refractivity contribution >= 4 is 11.4 Å². The van der Waals surface area contributed by atoms with Gasteiger partial charge < -0.3 is 10.2 Å². The second-order valence-corrected chi connectivity index (χ2v) is 4.51. The first-order valence-corrected chi connectivity index (χ1v) is 6.80. The molecule has 0 aliphatic rings. The van der Waals surface area contributed by atoms with Gasteiger partial charge in [-0.3, -0.25) is 10.1 Å². The quantitative estimate of drug-likeness (QED) is 0.446. The van der Waals surface area contributed by atoms with Gasteiger partial charge in [0.05, 0.1) is 4.92 Å². The van der Waals surface area contributed by atoms with Gasteiger partial charge in [0.15, 0.2) is 0 Å². The minimum absolute atomic E-state index is 0.175. The van der Waals surface area contributed by atoms with Gasteiger partial charge in [-0.1, -0.05) is 19.9 Å². The minimum Gasteiger partial charge on any atom is -0.385 e. The highest BCUT2D eigenvalue weighted by molar-refractivity contribution is 5.59. The molecule has 0 aliphatic carbocycles. The smallest absolute Gasteiger partial charge is 0.274 e. The lowest BCUT2D eigenvalue weighted by molar-refractivity contribution is -0.385. The number of hydrogen-bond acceptors (Lipinski definition) is 4. The van der Waals surface area contributed by atoms with Gasteiger partial charge >= 0.3 is 0 Å². The fourth-order valence-corrected chi connectivity index (χ4v) is 2.08. The lowest BCUT2D eigenvalue weighted by atomic mass is 10.1. The summed E-state index contributed by atoms with van der Waals surface area (Å²) in [5.41, 5.74) is 1.73. The first-order chi connectivity index (χ1) is 9.10. The fraction of sp³-hybridized carbons (Fsp3) is 0.571. The van der Waals surface area contributed by atoms with E-state index in [4.69, 9.17) is 0 Å². The number of nitrogens with zero attached hydrogens (tertiary/aromatic N) is 2. The molecule has 5 nitrogen and oxygen atoms in total. The summed E-state index contributed by atoms with van der Waals surface area (Å²) in [6.45, 7) is 10.1. The number of anilines is 1. The summed E-state index contributed by atoms with van der Waals surface area (Å²) in [6, 6.07) is 5.15. The Morgan fingerprint density at radius 3 is 2.58 bits per heavy atom. The Bertz CT molecular complexity index is 417. The maximum atomic E-state index is 10.8. The van der Waals surface area contributed by atoms with Crippen LogP contribution in [0.1, 0.15) is 25.8 Å². The van der Waals surface area contributed by atoms with Crippen molar-refractivity contribution in [2.75, 3.05) is 31.5 Å². The Balaban J connectivity index is 2.50. The minimum atomic E-state index is -0.337. The molecular formula is C14H23N3O2. The number of nitro groups is 1. The van der Waals surface area contributed by atoms with Crippen LogP contribution in [0.2, 0.25) is 0 Å². The Hall–Kier alpha value is -1.62. The molecule has 0 atom stereocenters. The maximum absolute atomic E-state index is 10.8. The molecule has 0 spiro atoms. The van der Waals surface area contributed by atoms with Crippen LogP contribution >= 0.6 is 0 Å². The van der Waals surface area contributed by atoms with E-state index in [0.717, 1.165) is 38.3 Å². The average molecular weight is 265 g/mol. The molecule has 0 aliphatic heterocycles. The summed E-state index contributed by atoms with van der Waals surface area (Å²) in [6.07, 6.45) is 1.03. The largest absolute Gasteiger partial charge is 0.385 e. The molecule has 1 aromatic carbocycles. The van der Waals surface area contributed by atoms with Crippen LogP contribution in [0.15, 0.2) is 18.2 Å². The number of rotatable bonds is 8. The number of benzene rings is 1. The Labute approximate surface area is 114 Å². The molecule has 1 N–H and O–H groups in total. The maximum Gasteiger partial charge on any atom is 0.274 e. The van der Waals surface area contributed by atoms with E-state index in [1.807, 2.05) is 6.07 Å². The third kappa shape index (κ3) is 4.52. The lowest BCUT2D eigenvalue weighted by Gasteiger charge is -2.18. The van der Waals surface area contributed by atoms with Crippen molar-refractivity contribution in [2.24, 2.45) is 0 Å². The van der Waals surface area contributed by atoms with Gasteiger partial charge in [0.25, 0.3) is 5.69 Å². The van der Waals surface area contributed by atoms with Crippen LogP contribution in [0.3, 0.4) is 0 Å². The van der Waals surface area contributed by atoms with E-state index in [-0.39, 0.29) is 10.6 Å². The first kappa shape index (κ1) is 15.4. The van der Waals surface area contributed by atoms with E-state index in [2.05, 4.69) is 24.1 Å². The van der Waals surface area contributed by atoms with Crippen molar-refractivity contribution in [1.29, 1.82) is 0 Å². The van der Waals surface area contributed by atoms with Crippen LogP contribution in [-0.2, 0) is 0 Å². The van der Waals surface area contributed by atoms with Crippen molar-refractivity contribution in [3.05, 3.63) is 33.9 Å². The highest BCUT2D eigenvalue weighted by Crippen LogP contribution is 2.24. The van der Waals surface area contributed by atoms with Gasteiger partial charge in [-0.25, -0.2) is 0 Å². The molecule has 0 unspecified atom stereocenters. The molecule has 0 radical (unpaired) electrons. The number of hydrogen-bond donors (Lipinski definition) is 1. The first-order valence-electron chi connectivity index (χ1n) is 6.80. The molecule has 0 saturated heterocycles. The molecular weight excluding hydrogens is 242 g/mol. The predicted octanol–water partition coefficient (Wildman–Crippen LogP) is 3.05. The van der Waals surface area contributed by atoms with Crippen LogP contribution in [0.5, 0.6) is 0 Å². The molecule has 0 heterocycles. The Morgan fingerprint density at radius 2 is 2.00 bits per heavy atom. The molecule has 0 bridgehead atoms. The standard InChI is InChI=1S/C14H23N3O2/c1-4-16(5-2)11-7-10-15-13-8-6-9-14(12(13)3)17(18)19/h6,8-9,15H,4-5,7,10-11H2,1-3H3. The molecule has 1 rings (SSSR count). The Morgan fingerprint density at radius 1 is 1.32 bits per heavy atom. The van der Waals surface area contributed by atoms with Crippen LogP contribution in [-0.4, -0.2) is 36.0 Å². The normalized spacial score (nSPS) is 10.7. The fourth-order valence-electron chi connectivity index (χ4n) is 2.08. The monoisotopic (exact) mass is 265 g/mol. The van der Waals surface area contributed by atoms with Gasteiger partial charge in [-0.15, -0.1) is 0 Å². The van der Waals surface area contributed by atoms with Crippen LogP contribution in [0.25, 0.3) is 0 Å². The van der Waals surface area contributed by atoms with Gasteiger partial charge in [-0.05, 0) is 39.0 Å². The lowest BCUT2D eigenvalue weighted by Crippen LogP contribution is -2.25. The van der Waals surface area contributed by atoms with Crippen LogP contribution < -0.4 is 5.32 Å². The number of nitrogens with one attached hydrogen (secondary N) is 1. The predicted molar refractivity (Wildman–Crippen MR) is 78.7 cm³/mol. The molecule has 0 saturated carbocycles. The third-order valence-electron chi connectivity index (χ3n) is 3.36. The third-order valence-corrected chi connectivity index (χ3v) is 3.36. The zero-order chi connectivity index (χ0) is 14.3. The van der Waals surface area contributed by atoms with E-state index in [1.165, 1.54) is 6.07 Å². The topological polar surface area (TPSA) is 58.4 Å². The van der Waals surface area contributed by atoms with E-state index < -0.39 is 0 Å². The zero-order valence-electron chi connectivity index (χ0n) is 12.0. The van der Waals surface area contributed by atoms with E-state index in [0.29, 0.717) is 5.56 Å². The van der Waals surface area contributed by atoms with Gasteiger partial charge in [0, 0.05) is 23.9 Å². The van der Waals surface area contributed by atoms with E-state index in [1.54, 1.807) is 13.0 Å². The highest BCUT2D eigenvalue weighted by Gasteiger charge is 2.12. The van der Waals surface area contributed by atoms with Crippen molar-refractivity contribution in [3.63, 3.8) is 0 Å². The molecule has 0 amide bonds. The summed E-state index contributed by atoms with van der Waals surface area (Å²) in [5.74, 6) is 0. The summed E-state index contributed by atoms with van der Waals surface area (Å²) < 4.78 is 0. The van der Waals surface area contributed by atoms with Crippen LogP contribution in [0.4, 0.5) is 11.4 Å². The van der Waals surface area contributed by atoms with Gasteiger partial charge in [0.2, 0.25) is 0 Å². The molecule has 106 valence electrons. The second-order valence-electron chi connectivity index (χ2n) is 4.51. The van der Waals surface area contributed by atoms with Crippen molar-refractivity contribution < 1.29 is 4.92 Å². The van der Waals surface area contributed by atoms with Crippen molar-refractivity contribution in [2.45, 2.75) is 27.2 Å². The molecule has 0 aromatic heterocycles. The summed E-state index contributed by atoms with van der Waals surface area (Å²) >= 11 is 0. The Kier molecular flexibility index (Phi) is 6.29. The zero-order valence-corrected chi connectivity index (χ0v) is 12.0. The highest BCUT2D eigenvalue weighted by atomic mass is 16.6. The second kappa shape index (κ2) is 7.74. The summed E-state index contributed by atoms with van der Waals surface area (Å²) in [5, 5.41) is 14.1. The van der Waals surface area contributed by atoms with Crippen molar-refractivity contribution in [1.82, 2.24) is 4.90 Å². The molecule has 5 heteroatoms. The van der Waals surface area contributed by atoms with Gasteiger partial charge in [0.1, 0.15) is 0 Å². The van der Waals surface area contributed by atoms with Crippen LogP contribution in [0, 0.1) is 17.0 Å². The summed E-state index contributed by atoms with van der Waals surface area (Å²) in [4.78, 5) is 12.9. The number of nitro benzene ring substituents is 1. The molecule has 0 fully saturated rings.